The van der Waals surface area contributed by atoms with E-state index in [4.69, 9.17) is 9.84 Å². The largest absolute Gasteiger partial charge is 0.497 e. The van der Waals surface area contributed by atoms with E-state index in [1.165, 1.54) is 0 Å². The van der Waals surface area contributed by atoms with Crippen molar-refractivity contribution in [3.8, 4) is 22.7 Å². The van der Waals surface area contributed by atoms with Crippen LogP contribution in [0.1, 0.15) is 16.8 Å². The lowest BCUT2D eigenvalue weighted by atomic mass is 10.1. The molecule has 7 nitrogen and oxygen atoms in total. The van der Waals surface area contributed by atoms with Gasteiger partial charge in [-0.3, -0.25) is 4.79 Å². The summed E-state index contributed by atoms with van der Waals surface area (Å²) < 4.78 is 7.03. The fourth-order valence-corrected chi connectivity index (χ4v) is 3.89. The van der Waals surface area contributed by atoms with Crippen molar-refractivity contribution in [1.82, 2.24) is 24.9 Å². The number of carbonyl (C=O) groups is 1. The number of aromatic nitrogens is 2. The second-order valence-corrected chi connectivity index (χ2v) is 8.15. The van der Waals surface area contributed by atoms with Gasteiger partial charge < -0.3 is 19.9 Å². The van der Waals surface area contributed by atoms with E-state index < -0.39 is 0 Å². The van der Waals surface area contributed by atoms with Crippen LogP contribution in [0.25, 0.3) is 16.9 Å². The number of carbonyl (C=O) groups excluding carboxylic acids is 1. The maximum atomic E-state index is 13.1. The van der Waals surface area contributed by atoms with Gasteiger partial charge in [-0.2, -0.15) is 5.10 Å². The first kappa shape index (κ1) is 22.0. The lowest BCUT2D eigenvalue weighted by molar-refractivity contribution is 0.0950. The molecule has 0 spiro atoms. The van der Waals surface area contributed by atoms with Crippen molar-refractivity contribution in [3.63, 3.8) is 0 Å². The summed E-state index contributed by atoms with van der Waals surface area (Å²) in [5.41, 5.74) is 3.02. The minimum absolute atomic E-state index is 0.101. The lowest BCUT2D eigenvalue weighted by Crippen LogP contribution is -2.45. The number of rotatable bonds is 8. The zero-order valence-corrected chi connectivity index (χ0v) is 18.8. The Hall–Kier alpha value is -3.16. The fourth-order valence-electron chi connectivity index (χ4n) is 3.89. The van der Waals surface area contributed by atoms with Gasteiger partial charge in [0.15, 0.2) is 0 Å². The van der Waals surface area contributed by atoms with Crippen molar-refractivity contribution >= 4 is 5.91 Å². The number of methoxy groups -OCH3 is 1. The Morgan fingerprint density at radius 1 is 1.03 bits per heavy atom. The summed E-state index contributed by atoms with van der Waals surface area (Å²) >= 11 is 0. The maximum absolute atomic E-state index is 13.1. The summed E-state index contributed by atoms with van der Waals surface area (Å²) in [5, 5.41) is 7.83. The number of para-hydroxylation sites is 1. The summed E-state index contributed by atoms with van der Waals surface area (Å²) in [6.07, 6.45) is 2.74. The monoisotopic (exact) mass is 433 g/mol. The van der Waals surface area contributed by atoms with Crippen LogP contribution >= 0.6 is 0 Å². The Morgan fingerprint density at radius 2 is 1.75 bits per heavy atom. The van der Waals surface area contributed by atoms with E-state index in [0.29, 0.717) is 17.8 Å². The number of ether oxygens (including phenoxy) is 1. The average Bonchev–Trinajstić information content (AvgIpc) is 3.29. The number of benzene rings is 2. The summed E-state index contributed by atoms with van der Waals surface area (Å²) in [7, 11) is 3.80. The molecule has 0 bridgehead atoms. The number of nitrogens with zero attached hydrogens (tertiary/aromatic N) is 4. The van der Waals surface area contributed by atoms with E-state index in [2.05, 4.69) is 22.2 Å². The third-order valence-electron chi connectivity index (χ3n) is 5.88. The average molecular weight is 434 g/mol. The van der Waals surface area contributed by atoms with E-state index in [1.54, 1.807) is 11.8 Å². The van der Waals surface area contributed by atoms with Gasteiger partial charge in [0.25, 0.3) is 5.91 Å². The molecule has 0 saturated carbocycles. The van der Waals surface area contributed by atoms with Gasteiger partial charge in [-0.1, -0.05) is 18.2 Å². The van der Waals surface area contributed by atoms with Gasteiger partial charge in [-0.05, 0) is 56.4 Å². The molecule has 1 saturated heterocycles. The first-order valence-electron chi connectivity index (χ1n) is 11.1. The van der Waals surface area contributed by atoms with Crippen molar-refractivity contribution in [2.24, 2.45) is 0 Å². The summed E-state index contributed by atoms with van der Waals surface area (Å²) in [4.78, 5) is 17.9. The molecular formula is C25H31N5O2. The van der Waals surface area contributed by atoms with E-state index in [1.807, 2.05) is 60.8 Å². The van der Waals surface area contributed by atoms with Crippen LogP contribution in [0.4, 0.5) is 0 Å². The molecule has 1 fully saturated rings. The highest BCUT2D eigenvalue weighted by Crippen LogP contribution is 2.26. The molecular weight excluding hydrogens is 402 g/mol. The molecule has 2 aromatic carbocycles. The van der Waals surface area contributed by atoms with Gasteiger partial charge in [0.2, 0.25) is 0 Å². The molecule has 7 heteroatoms. The molecule has 1 aliphatic rings. The lowest BCUT2D eigenvalue weighted by Gasteiger charge is -2.32. The molecule has 1 aliphatic heterocycles. The highest BCUT2D eigenvalue weighted by Gasteiger charge is 2.19. The van der Waals surface area contributed by atoms with Crippen LogP contribution in [0.15, 0.2) is 60.8 Å². The Labute approximate surface area is 189 Å². The van der Waals surface area contributed by atoms with Crippen molar-refractivity contribution < 1.29 is 9.53 Å². The van der Waals surface area contributed by atoms with E-state index in [0.717, 1.165) is 56.1 Å². The molecule has 1 amide bonds. The number of amides is 1. The van der Waals surface area contributed by atoms with Crippen LogP contribution in [0.5, 0.6) is 5.75 Å². The fraction of sp³-hybridized carbons (Fsp3) is 0.360. The van der Waals surface area contributed by atoms with Crippen LogP contribution in [0.2, 0.25) is 0 Å². The van der Waals surface area contributed by atoms with Gasteiger partial charge in [0.1, 0.15) is 11.4 Å². The van der Waals surface area contributed by atoms with Crippen LogP contribution in [-0.4, -0.2) is 78.9 Å². The zero-order chi connectivity index (χ0) is 22.3. The Balaban J connectivity index is 1.46. The number of nitrogens with one attached hydrogen (secondary N) is 1. The van der Waals surface area contributed by atoms with Crippen molar-refractivity contribution in [2.75, 3.05) is 53.4 Å². The third kappa shape index (κ3) is 5.36. The predicted octanol–water partition coefficient (Wildman–Crippen LogP) is 2.92. The van der Waals surface area contributed by atoms with E-state index in [-0.39, 0.29) is 5.91 Å². The quantitative estimate of drug-likeness (QED) is 0.554. The third-order valence-corrected chi connectivity index (χ3v) is 5.88. The first-order chi connectivity index (χ1) is 15.6. The van der Waals surface area contributed by atoms with Crippen molar-refractivity contribution in [3.05, 3.63) is 66.4 Å². The Kier molecular flexibility index (Phi) is 7.19. The zero-order valence-electron chi connectivity index (χ0n) is 18.8. The summed E-state index contributed by atoms with van der Waals surface area (Å²) in [6.45, 7) is 6.05. The molecule has 168 valence electrons. The van der Waals surface area contributed by atoms with Gasteiger partial charge >= 0.3 is 0 Å². The normalized spacial score (nSPS) is 14.9. The van der Waals surface area contributed by atoms with Gasteiger partial charge in [-0.15, -0.1) is 0 Å². The van der Waals surface area contributed by atoms with Crippen LogP contribution < -0.4 is 10.1 Å². The summed E-state index contributed by atoms with van der Waals surface area (Å²) in [6, 6.07) is 17.5. The number of hydrogen-bond acceptors (Lipinski definition) is 5. The second kappa shape index (κ2) is 10.4. The maximum Gasteiger partial charge on any atom is 0.255 e. The highest BCUT2D eigenvalue weighted by molar-refractivity contribution is 5.99. The molecule has 4 rings (SSSR count). The molecule has 2 heterocycles. The molecule has 0 atom stereocenters. The number of piperazine rings is 1. The van der Waals surface area contributed by atoms with E-state index in [9.17, 15) is 4.79 Å². The Bertz CT molecular complexity index is 1010. The van der Waals surface area contributed by atoms with Crippen molar-refractivity contribution in [2.45, 2.75) is 6.42 Å². The summed E-state index contributed by atoms with van der Waals surface area (Å²) in [5.74, 6) is 0.669. The number of hydrogen-bond donors (Lipinski definition) is 1. The topological polar surface area (TPSA) is 62.6 Å². The minimum Gasteiger partial charge on any atom is -0.497 e. The molecule has 1 N–H and O–H groups in total. The van der Waals surface area contributed by atoms with Crippen LogP contribution in [-0.2, 0) is 0 Å². The molecule has 0 aliphatic carbocycles. The smallest absolute Gasteiger partial charge is 0.255 e. The predicted molar refractivity (Wildman–Crippen MR) is 126 cm³/mol. The highest BCUT2D eigenvalue weighted by atomic mass is 16.5. The SMILES string of the molecule is COc1ccc(-c2nn(-c3ccccc3)cc2C(=O)NCCCN2CCN(C)CC2)cc1. The van der Waals surface area contributed by atoms with Gasteiger partial charge in [0, 0.05) is 44.5 Å². The molecule has 1 aromatic heterocycles. The molecule has 0 unspecified atom stereocenters. The van der Waals surface area contributed by atoms with Crippen LogP contribution in [0, 0.1) is 0 Å². The van der Waals surface area contributed by atoms with E-state index >= 15 is 0 Å². The number of likely N-dealkylation sites (N-methyl/N-ethyl adjacent to an activating group) is 1. The van der Waals surface area contributed by atoms with Crippen molar-refractivity contribution in [1.29, 1.82) is 0 Å². The van der Waals surface area contributed by atoms with Crippen LogP contribution in [0.3, 0.4) is 0 Å². The minimum atomic E-state index is -0.101. The second-order valence-electron chi connectivity index (χ2n) is 8.15. The van der Waals surface area contributed by atoms with Gasteiger partial charge in [-0.25, -0.2) is 4.68 Å². The molecule has 32 heavy (non-hydrogen) atoms. The first-order valence-corrected chi connectivity index (χ1v) is 11.1. The van der Waals surface area contributed by atoms with Gasteiger partial charge in [0.05, 0.1) is 18.4 Å². The Morgan fingerprint density at radius 3 is 2.44 bits per heavy atom. The molecule has 3 aromatic rings. The standard InChI is InChI=1S/C25H31N5O2/c1-28-15-17-29(18-16-28)14-6-13-26-25(31)23-19-30(21-7-4-3-5-8-21)27-24(23)20-9-11-22(32-2)12-10-20/h3-5,7-12,19H,6,13-18H2,1-2H3,(H,26,31). The molecule has 0 radical (unpaired) electrons.